The highest BCUT2D eigenvalue weighted by Crippen LogP contribution is 2.40. The summed E-state index contributed by atoms with van der Waals surface area (Å²) in [5.74, 6) is -2.18. The molecule has 42 heavy (non-hydrogen) atoms. The van der Waals surface area contributed by atoms with Crippen molar-refractivity contribution in [2.75, 3.05) is 17.6 Å². The molecular formula is C27H29F3N6O5S. The highest BCUT2D eigenvalue weighted by molar-refractivity contribution is 7.99. The quantitative estimate of drug-likeness (QED) is 0.370. The van der Waals surface area contributed by atoms with Gasteiger partial charge in [-0.15, -0.1) is 5.10 Å². The molecule has 0 aliphatic carbocycles. The molecule has 0 spiro atoms. The van der Waals surface area contributed by atoms with E-state index < -0.39 is 30.3 Å². The number of carbonyl (C=O) groups is 2. The van der Waals surface area contributed by atoms with Crippen molar-refractivity contribution in [3.8, 4) is 0 Å². The first-order chi connectivity index (χ1) is 20.1. The Morgan fingerprint density at radius 2 is 1.93 bits per heavy atom. The molecule has 5 rings (SSSR count). The van der Waals surface area contributed by atoms with Crippen molar-refractivity contribution in [1.82, 2.24) is 25.1 Å². The van der Waals surface area contributed by atoms with Crippen LogP contribution in [-0.2, 0) is 32.7 Å². The topological polar surface area (TPSA) is 132 Å². The summed E-state index contributed by atoms with van der Waals surface area (Å²) in [6.45, 7) is -0.214. The highest BCUT2D eigenvalue weighted by atomic mass is 32.2. The second-order valence-corrected chi connectivity index (χ2v) is 11.0. The molecule has 2 saturated heterocycles. The Bertz CT molecular complexity index is 1410. The smallest absolute Gasteiger partial charge is 0.392 e. The molecule has 2 aromatic carbocycles. The zero-order chi connectivity index (χ0) is 29.9. The van der Waals surface area contributed by atoms with Crippen LogP contribution in [0, 0.1) is 0 Å². The molecule has 2 aliphatic heterocycles. The predicted molar refractivity (Wildman–Crippen MR) is 144 cm³/mol. The van der Waals surface area contributed by atoms with Crippen molar-refractivity contribution in [2.45, 2.75) is 61.7 Å². The van der Waals surface area contributed by atoms with Gasteiger partial charge in [-0.25, -0.2) is 4.68 Å². The van der Waals surface area contributed by atoms with Gasteiger partial charge in [-0.05, 0) is 46.5 Å². The molecule has 2 aliphatic rings. The summed E-state index contributed by atoms with van der Waals surface area (Å²) in [6.07, 6.45) is -5.52. The maximum atomic E-state index is 13.0. The minimum absolute atomic E-state index is 0.0793. The van der Waals surface area contributed by atoms with Crippen LogP contribution in [0.2, 0.25) is 0 Å². The number of aliphatic hydroxyl groups is 1. The molecule has 224 valence electrons. The van der Waals surface area contributed by atoms with Crippen LogP contribution in [0.4, 0.5) is 18.9 Å². The number of benzene rings is 2. The molecule has 0 saturated carbocycles. The van der Waals surface area contributed by atoms with Crippen LogP contribution >= 0.6 is 11.8 Å². The number of hydrogen-bond acceptors (Lipinski definition) is 9. The maximum absolute atomic E-state index is 13.0. The van der Waals surface area contributed by atoms with Crippen LogP contribution in [0.5, 0.6) is 0 Å². The lowest BCUT2D eigenvalue weighted by Crippen LogP contribution is -2.48. The van der Waals surface area contributed by atoms with Gasteiger partial charge >= 0.3 is 12.1 Å². The van der Waals surface area contributed by atoms with Crippen LogP contribution in [0.25, 0.3) is 0 Å². The van der Waals surface area contributed by atoms with Gasteiger partial charge in [0, 0.05) is 37.0 Å². The largest absolute Gasteiger partial charge is 0.471 e. The summed E-state index contributed by atoms with van der Waals surface area (Å²) in [6, 6.07) is 12.9. The monoisotopic (exact) mass is 606 g/mol. The molecule has 1 aromatic heterocycles. The zero-order valence-corrected chi connectivity index (χ0v) is 23.3. The normalized spacial score (nSPS) is 22.7. The van der Waals surface area contributed by atoms with Crippen molar-refractivity contribution in [3.63, 3.8) is 0 Å². The van der Waals surface area contributed by atoms with Gasteiger partial charge in [-0.1, -0.05) is 48.2 Å². The first kappa shape index (κ1) is 29.9. The lowest BCUT2D eigenvalue weighted by Gasteiger charge is -2.36. The average Bonchev–Trinajstić information content (AvgIpc) is 3.64. The van der Waals surface area contributed by atoms with E-state index in [1.165, 1.54) is 11.8 Å². The van der Waals surface area contributed by atoms with E-state index in [1.54, 1.807) is 36.0 Å². The Balaban J connectivity index is 1.32. The number of nitrogens with zero attached hydrogens (tertiary/aromatic N) is 5. The van der Waals surface area contributed by atoms with E-state index in [9.17, 15) is 27.9 Å². The number of rotatable bonds is 8. The van der Waals surface area contributed by atoms with Gasteiger partial charge < -0.3 is 24.8 Å². The third-order valence-corrected chi connectivity index (χ3v) is 8.22. The fourth-order valence-electron chi connectivity index (χ4n) is 4.97. The van der Waals surface area contributed by atoms with Gasteiger partial charge in [-0.2, -0.15) is 13.2 Å². The average molecular weight is 607 g/mol. The molecule has 4 atom stereocenters. The minimum Gasteiger partial charge on any atom is -0.392 e. The summed E-state index contributed by atoms with van der Waals surface area (Å²) in [4.78, 5) is 25.3. The summed E-state index contributed by atoms with van der Waals surface area (Å²) >= 11 is 1.43. The third kappa shape index (κ3) is 6.91. The standard InChI is InChI=1S/C27H29F3N6O5S/c1-35-26(32-33-34-35)42-15-20-13-22(17-9-7-16(14-37)8-10-17)41-24(40-20)18-4-2-5-19(12-18)31-23(38)21-6-3-11-36(21)25(39)27(28,29)30/h2,4-5,7-10,12,20-22,24,37H,3,6,11,13-15H2,1H3,(H,31,38)/t20-,21+,22+,24+/m1/s1. The summed E-state index contributed by atoms with van der Waals surface area (Å²) in [5.41, 5.74) is 2.59. The molecule has 3 aromatic rings. The van der Waals surface area contributed by atoms with E-state index in [1.807, 2.05) is 24.3 Å². The zero-order valence-electron chi connectivity index (χ0n) is 22.5. The molecule has 11 nitrogen and oxygen atoms in total. The SMILES string of the molecule is Cn1nnnc1SC[C@H]1C[C@@H](c2ccc(CO)cc2)O[C@@H](c2cccc(NC(=O)[C@@H]3CCCN3C(=O)C(F)(F)F)c2)O1. The number of aryl methyl sites for hydroxylation is 1. The Hall–Kier alpha value is -3.53. The summed E-state index contributed by atoms with van der Waals surface area (Å²) < 4.78 is 53.3. The van der Waals surface area contributed by atoms with Crippen LogP contribution in [-0.4, -0.2) is 72.6 Å². The number of thioether (sulfide) groups is 1. The van der Waals surface area contributed by atoms with E-state index in [0.717, 1.165) is 11.1 Å². The number of aromatic nitrogens is 4. The first-order valence-electron chi connectivity index (χ1n) is 13.3. The number of anilines is 1. The summed E-state index contributed by atoms with van der Waals surface area (Å²) in [7, 11) is 1.74. The second-order valence-electron chi connectivity index (χ2n) is 10.0. The van der Waals surface area contributed by atoms with Gasteiger partial charge in [0.25, 0.3) is 0 Å². The van der Waals surface area contributed by atoms with E-state index >= 15 is 0 Å². The van der Waals surface area contributed by atoms with E-state index in [-0.39, 0.29) is 31.8 Å². The number of alkyl halides is 3. The molecule has 0 bridgehead atoms. The van der Waals surface area contributed by atoms with Crippen LogP contribution in [0.15, 0.2) is 53.7 Å². The lowest BCUT2D eigenvalue weighted by molar-refractivity contribution is -0.245. The number of nitrogens with one attached hydrogen (secondary N) is 1. The van der Waals surface area contributed by atoms with Gasteiger partial charge in [0.15, 0.2) is 6.29 Å². The predicted octanol–water partition coefficient (Wildman–Crippen LogP) is 3.53. The molecular weight excluding hydrogens is 577 g/mol. The molecule has 2 fully saturated rings. The Kier molecular flexibility index (Phi) is 9.11. The third-order valence-electron chi connectivity index (χ3n) is 7.08. The number of aliphatic hydroxyl groups excluding tert-OH is 1. The van der Waals surface area contributed by atoms with Crippen molar-refractivity contribution < 1.29 is 37.3 Å². The second kappa shape index (κ2) is 12.8. The molecule has 2 N–H and O–H groups in total. The van der Waals surface area contributed by atoms with Gasteiger partial charge in [-0.3, -0.25) is 9.59 Å². The fraction of sp³-hybridized carbons (Fsp3) is 0.444. The fourth-order valence-corrected chi connectivity index (χ4v) is 5.83. The lowest BCUT2D eigenvalue weighted by atomic mass is 10.0. The van der Waals surface area contributed by atoms with Crippen molar-refractivity contribution >= 4 is 29.3 Å². The molecule has 3 heterocycles. The van der Waals surface area contributed by atoms with Crippen molar-refractivity contribution in [3.05, 3.63) is 65.2 Å². The number of tetrazole rings is 1. The van der Waals surface area contributed by atoms with Gasteiger partial charge in [0.05, 0.1) is 18.8 Å². The van der Waals surface area contributed by atoms with Crippen LogP contribution in [0.3, 0.4) is 0 Å². The molecule has 0 unspecified atom stereocenters. The Labute approximate surface area is 243 Å². The number of hydrogen-bond donors (Lipinski definition) is 2. The maximum Gasteiger partial charge on any atom is 0.471 e. The van der Waals surface area contributed by atoms with Crippen molar-refractivity contribution in [2.24, 2.45) is 7.05 Å². The summed E-state index contributed by atoms with van der Waals surface area (Å²) in [5, 5.41) is 24.2. The Morgan fingerprint density at radius 3 is 2.62 bits per heavy atom. The molecule has 2 amide bonds. The number of likely N-dealkylation sites (tertiary alicyclic amines) is 1. The number of ether oxygens (including phenoxy) is 2. The highest BCUT2D eigenvalue weighted by Gasteiger charge is 2.47. The number of amides is 2. The van der Waals surface area contributed by atoms with Gasteiger partial charge in [0.2, 0.25) is 11.1 Å². The van der Waals surface area contributed by atoms with E-state index in [2.05, 4.69) is 20.8 Å². The van der Waals surface area contributed by atoms with Crippen molar-refractivity contribution in [1.29, 1.82) is 0 Å². The van der Waals surface area contributed by atoms with Gasteiger partial charge in [0.1, 0.15) is 6.04 Å². The Morgan fingerprint density at radius 1 is 1.14 bits per heavy atom. The number of carbonyl (C=O) groups excluding carboxylic acids is 2. The van der Waals surface area contributed by atoms with Crippen LogP contribution in [0.1, 0.15) is 48.3 Å². The molecule has 15 heteroatoms. The van der Waals surface area contributed by atoms with E-state index in [4.69, 9.17) is 9.47 Å². The van der Waals surface area contributed by atoms with Crippen LogP contribution < -0.4 is 5.32 Å². The van der Waals surface area contributed by atoms with E-state index in [0.29, 0.717) is 39.9 Å². The first-order valence-corrected chi connectivity index (χ1v) is 14.3. The number of halogens is 3. The molecule has 0 radical (unpaired) electrons. The minimum atomic E-state index is -5.05.